The number of nitrogens with one attached hydrogen (secondary N) is 1. The van der Waals surface area contributed by atoms with E-state index in [1.165, 1.54) is 19.0 Å². The third kappa shape index (κ3) is 1.22. The lowest BCUT2D eigenvalue weighted by atomic mass is 10.1. The van der Waals surface area contributed by atoms with Crippen molar-refractivity contribution in [3.05, 3.63) is 18.3 Å². The summed E-state index contributed by atoms with van der Waals surface area (Å²) in [5.74, 6) is 1.25. The maximum absolute atomic E-state index is 4.37. The first-order valence-electron chi connectivity index (χ1n) is 5.27. The Morgan fingerprint density at radius 3 is 3.11 bits per heavy atom. The van der Waals surface area contributed by atoms with Gasteiger partial charge in [0.15, 0.2) is 23.3 Å². The fourth-order valence-corrected chi connectivity index (χ4v) is 1.89. The summed E-state index contributed by atoms with van der Waals surface area (Å²) in [5.41, 5.74) is 2.05. The topological polar surface area (TPSA) is 104 Å². The van der Waals surface area contributed by atoms with Crippen molar-refractivity contribution in [2.75, 3.05) is 0 Å². The Bertz CT molecular complexity index is 717. The molecule has 18 heavy (non-hydrogen) atoms. The van der Waals surface area contributed by atoms with Crippen molar-refractivity contribution in [3.8, 4) is 0 Å². The smallest absolute Gasteiger partial charge is 0.181 e. The van der Waals surface area contributed by atoms with Gasteiger partial charge < -0.3 is 4.98 Å². The molecule has 2 aromatic rings. The van der Waals surface area contributed by atoms with Crippen molar-refractivity contribution >= 4 is 35.4 Å². The summed E-state index contributed by atoms with van der Waals surface area (Å²) in [4.78, 5) is 32.1. The Morgan fingerprint density at radius 1 is 1.17 bits per heavy atom. The Hall–Kier alpha value is -2.77. The van der Waals surface area contributed by atoms with Gasteiger partial charge in [-0.25, -0.2) is 29.9 Å². The summed E-state index contributed by atoms with van der Waals surface area (Å²) in [6, 6.07) is -0.275. The lowest BCUT2D eigenvalue weighted by Gasteiger charge is -2.11. The van der Waals surface area contributed by atoms with Gasteiger partial charge in [-0.3, -0.25) is 4.99 Å². The average molecular weight is 238 g/mol. The van der Waals surface area contributed by atoms with Crippen LogP contribution in [0, 0.1) is 0 Å². The van der Waals surface area contributed by atoms with Crippen molar-refractivity contribution in [2.45, 2.75) is 6.04 Å². The minimum absolute atomic E-state index is 0.275. The van der Waals surface area contributed by atoms with Gasteiger partial charge in [-0.2, -0.15) is 0 Å². The van der Waals surface area contributed by atoms with Crippen LogP contribution in [0.4, 0.5) is 0 Å². The predicted octanol–water partition coefficient (Wildman–Crippen LogP) is -0.00710. The van der Waals surface area contributed by atoms with E-state index in [1.807, 2.05) is 0 Å². The molecule has 4 rings (SSSR count). The van der Waals surface area contributed by atoms with Crippen molar-refractivity contribution in [1.29, 1.82) is 0 Å². The molecular weight excluding hydrogens is 232 g/mol. The summed E-state index contributed by atoms with van der Waals surface area (Å²) in [6.07, 6.45) is 6.07. The van der Waals surface area contributed by atoms with Crippen molar-refractivity contribution in [3.63, 3.8) is 0 Å². The van der Waals surface area contributed by atoms with Crippen LogP contribution in [0.15, 0.2) is 32.5 Å². The van der Waals surface area contributed by atoms with Crippen LogP contribution < -0.4 is 0 Å². The fraction of sp³-hybridized carbons (Fsp3) is 0.100. The van der Waals surface area contributed by atoms with Crippen LogP contribution >= 0.6 is 0 Å². The van der Waals surface area contributed by atoms with Crippen LogP contribution in [0.1, 0.15) is 5.82 Å². The third-order valence-electron chi connectivity index (χ3n) is 2.70. The molecule has 8 nitrogen and oxygen atoms in total. The number of aliphatic imine (C=N–C) groups is 4. The molecule has 86 valence electrons. The summed E-state index contributed by atoms with van der Waals surface area (Å²) in [5, 5.41) is 0. The zero-order valence-corrected chi connectivity index (χ0v) is 9.02. The first kappa shape index (κ1) is 9.28. The molecule has 1 unspecified atom stereocenters. The molecule has 0 bridgehead atoms. The highest BCUT2D eigenvalue weighted by Gasteiger charge is 2.29. The van der Waals surface area contributed by atoms with Gasteiger partial charge in [0.25, 0.3) is 0 Å². The highest BCUT2D eigenvalue weighted by Crippen LogP contribution is 2.15. The maximum Gasteiger partial charge on any atom is 0.181 e. The minimum Gasteiger partial charge on any atom is -0.334 e. The average Bonchev–Trinajstić information content (AvgIpc) is 3.04. The van der Waals surface area contributed by atoms with E-state index in [0.29, 0.717) is 23.0 Å². The first-order valence-corrected chi connectivity index (χ1v) is 5.27. The zero-order chi connectivity index (χ0) is 11.9. The molecule has 8 heteroatoms. The number of rotatable bonds is 1. The van der Waals surface area contributed by atoms with Crippen LogP contribution in [0.5, 0.6) is 0 Å². The molecule has 2 aliphatic heterocycles. The highest BCUT2D eigenvalue weighted by molar-refractivity contribution is 6.25. The van der Waals surface area contributed by atoms with Crippen LogP contribution in [0.3, 0.4) is 0 Å². The molecule has 0 aliphatic carbocycles. The van der Waals surface area contributed by atoms with E-state index in [-0.39, 0.29) is 6.04 Å². The molecule has 1 atom stereocenters. The molecule has 0 spiro atoms. The number of amidine groups is 1. The maximum atomic E-state index is 4.37. The van der Waals surface area contributed by atoms with Gasteiger partial charge in [0.05, 0.1) is 6.20 Å². The zero-order valence-electron chi connectivity index (χ0n) is 9.02. The van der Waals surface area contributed by atoms with Gasteiger partial charge in [0, 0.05) is 0 Å². The second-order valence-corrected chi connectivity index (χ2v) is 3.76. The number of imidazole rings is 1. The van der Waals surface area contributed by atoms with Crippen LogP contribution in [-0.2, 0) is 0 Å². The molecule has 1 N–H and O–H groups in total. The van der Waals surface area contributed by atoms with Gasteiger partial charge in [-0.15, -0.1) is 0 Å². The van der Waals surface area contributed by atoms with E-state index in [0.717, 1.165) is 5.52 Å². The number of H-pyrrole nitrogens is 1. The largest absolute Gasteiger partial charge is 0.334 e. The lowest BCUT2D eigenvalue weighted by Crippen LogP contribution is -2.29. The van der Waals surface area contributed by atoms with Crippen LogP contribution in [0.25, 0.3) is 11.2 Å². The first-order chi connectivity index (χ1) is 8.92. The van der Waals surface area contributed by atoms with E-state index in [4.69, 9.17) is 0 Å². The van der Waals surface area contributed by atoms with Gasteiger partial charge in [-0.05, 0) is 0 Å². The van der Waals surface area contributed by atoms with E-state index < -0.39 is 0 Å². The number of fused-ring (bicyclic) bond motifs is 2. The van der Waals surface area contributed by atoms with Crippen molar-refractivity contribution in [2.24, 2.45) is 20.0 Å². The Balaban J connectivity index is 1.87. The van der Waals surface area contributed by atoms with Crippen LogP contribution in [-0.4, -0.2) is 50.2 Å². The fourth-order valence-electron chi connectivity index (χ4n) is 1.89. The monoisotopic (exact) mass is 238 g/mol. The lowest BCUT2D eigenvalue weighted by molar-refractivity contribution is 1.10. The van der Waals surface area contributed by atoms with Gasteiger partial charge in [-0.1, -0.05) is 0 Å². The Labute approximate surface area is 100 Å². The van der Waals surface area contributed by atoms with Crippen molar-refractivity contribution < 1.29 is 0 Å². The summed E-state index contributed by atoms with van der Waals surface area (Å²) in [7, 11) is 0. The Kier molecular flexibility index (Phi) is 1.73. The summed E-state index contributed by atoms with van der Waals surface area (Å²) >= 11 is 0. The molecule has 2 aliphatic rings. The van der Waals surface area contributed by atoms with Gasteiger partial charge in [0.2, 0.25) is 0 Å². The van der Waals surface area contributed by atoms with Gasteiger partial charge in [0.1, 0.15) is 30.2 Å². The highest BCUT2D eigenvalue weighted by atomic mass is 15.1. The molecule has 2 aromatic heterocycles. The minimum atomic E-state index is -0.275. The number of aromatic amines is 1. The molecule has 0 fully saturated rings. The van der Waals surface area contributed by atoms with Crippen LogP contribution in [0.2, 0.25) is 0 Å². The number of nitrogens with zero attached hydrogens (tertiary/aromatic N) is 7. The van der Waals surface area contributed by atoms with E-state index >= 15 is 0 Å². The molecule has 0 saturated carbocycles. The standard InChI is InChI=1S/C10H6N8/c1-5-8(14-2-11-1)18-10(17-5)7-6-9(15-3-12-6)16-4-13-7/h1-4,6H,(H,11,14,17,18). The van der Waals surface area contributed by atoms with E-state index in [9.17, 15) is 0 Å². The molecular formula is C10H6N8. The number of hydrogen-bond acceptors (Lipinski definition) is 7. The van der Waals surface area contributed by atoms with E-state index in [1.54, 1.807) is 6.20 Å². The third-order valence-corrected chi connectivity index (χ3v) is 2.70. The molecule has 0 aromatic carbocycles. The molecule has 0 amide bonds. The molecule has 0 saturated heterocycles. The SMILES string of the molecule is C1=NC2=NC=NC2C(c2nc3ncncc3[nH]2)=N1. The number of hydrogen-bond donors (Lipinski definition) is 1. The second kappa shape index (κ2) is 3.36. The summed E-state index contributed by atoms with van der Waals surface area (Å²) in [6.45, 7) is 0. The number of aromatic nitrogens is 4. The van der Waals surface area contributed by atoms with Crippen molar-refractivity contribution in [1.82, 2.24) is 19.9 Å². The predicted molar refractivity (Wildman–Crippen MR) is 66.4 cm³/mol. The summed E-state index contributed by atoms with van der Waals surface area (Å²) < 4.78 is 0. The normalized spacial score (nSPS) is 21.0. The molecule has 0 radical (unpaired) electrons. The quantitative estimate of drug-likeness (QED) is 0.755. The molecule has 4 heterocycles. The van der Waals surface area contributed by atoms with E-state index in [2.05, 4.69) is 39.9 Å². The second-order valence-electron chi connectivity index (χ2n) is 3.76. The van der Waals surface area contributed by atoms with Gasteiger partial charge >= 0.3 is 0 Å². The Morgan fingerprint density at radius 2 is 2.17 bits per heavy atom.